The second-order valence-electron chi connectivity index (χ2n) is 2.55. The van der Waals surface area contributed by atoms with Gasteiger partial charge in [0, 0.05) is 5.30 Å². The summed E-state index contributed by atoms with van der Waals surface area (Å²) >= 11 is 0. The number of H-pyrrole nitrogens is 1. The fourth-order valence-electron chi connectivity index (χ4n) is 1.05. The standard InChI is InChI=1S/C8H8N3OP/c12-13(8-6-9-11-10-8)7-4-2-1-3-5-7/h1-6,13H,(H,9,10,11). The van der Waals surface area contributed by atoms with Crippen LogP contribution in [-0.4, -0.2) is 15.4 Å². The maximum Gasteiger partial charge on any atom is 0.152 e. The Morgan fingerprint density at radius 3 is 2.62 bits per heavy atom. The van der Waals surface area contributed by atoms with Gasteiger partial charge in [-0.15, -0.1) is 5.10 Å². The molecule has 0 radical (unpaired) electrons. The van der Waals surface area contributed by atoms with Gasteiger partial charge in [-0.3, -0.25) is 5.10 Å². The minimum absolute atomic E-state index is 0.524. The number of nitrogens with one attached hydrogen (secondary N) is 1. The van der Waals surface area contributed by atoms with Crippen LogP contribution in [0.25, 0.3) is 0 Å². The summed E-state index contributed by atoms with van der Waals surface area (Å²) in [5.41, 5.74) is 0.524. The normalized spacial score (nSPS) is 12.6. The molecule has 0 fully saturated rings. The first kappa shape index (κ1) is 8.20. The summed E-state index contributed by atoms with van der Waals surface area (Å²) in [6.07, 6.45) is 1.56. The van der Waals surface area contributed by atoms with Gasteiger partial charge in [-0.2, -0.15) is 0 Å². The molecule has 1 heterocycles. The number of rotatable bonds is 2. The van der Waals surface area contributed by atoms with Crippen molar-refractivity contribution in [2.24, 2.45) is 0 Å². The summed E-state index contributed by atoms with van der Waals surface area (Å²) in [5.74, 6) is 0. The minimum atomic E-state index is -1.96. The van der Waals surface area contributed by atoms with Crippen molar-refractivity contribution in [1.29, 1.82) is 0 Å². The van der Waals surface area contributed by atoms with E-state index in [0.29, 0.717) is 5.44 Å². The lowest BCUT2D eigenvalue weighted by Crippen LogP contribution is -2.06. The highest BCUT2D eigenvalue weighted by atomic mass is 31.1. The molecule has 2 rings (SSSR count). The number of hydrogen-bond acceptors (Lipinski definition) is 3. The summed E-state index contributed by atoms with van der Waals surface area (Å²) in [5, 5.41) is 10.6. The molecule has 0 aliphatic heterocycles. The largest absolute Gasteiger partial charge is 0.315 e. The van der Waals surface area contributed by atoms with Gasteiger partial charge in [0.2, 0.25) is 0 Å². The van der Waals surface area contributed by atoms with Crippen LogP contribution >= 0.6 is 7.80 Å². The highest BCUT2D eigenvalue weighted by Crippen LogP contribution is 2.16. The van der Waals surface area contributed by atoms with Crippen molar-refractivity contribution in [3.8, 4) is 0 Å². The third-order valence-corrected chi connectivity index (χ3v) is 3.25. The number of aromatic amines is 1. The van der Waals surface area contributed by atoms with Gasteiger partial charge >= 0.3 is 0 Å². The number of hydrogen-bond donors (Lipinski definition) is 1. The third-order valence-electron chi connectivity index (χ3n) is 1.69. The minimum Gasteiger partial charge on any atom is -0.315 e. The molecule has 13 heavy (non-hydrogen) atoms. The highest BCUT2D eigenvalue weighted by molar-refractivity contribution is 7.61. The molecule has 4 nitrogen and oxygen atoms in total. The van der Waals surface area contributed by atoms with E-state index in [9.17, 15) is 4.57 Å². The van der Waals surface area contributed by atoms with E-state index in [-0.39, 0.29) is 0 Å². The molecule has 0 amide bonds. The Morgan fingerprint density at radius 2 is 2.00 bits per heavy atom. The quantitative estimate of drug-likeness (QED) is 0.698. The van der Waals surface area contributed by atoms with Crippen LogP contribution in [0.15, 0.2) is 36.5 Å². The average molecular weight is 193 g/mol. The lowest BCUT2D eigenvalue weighted by atomic mass is 10.4. The second kappa shape index (κ2) is 3.54. The van der Waals surface area contributed by atoms with E-state index < -0.39 is 7.80 Å². The molecular weight excluding hydrogens is 185 g/mol. The summed E-state index contributed by atoms with van der Waals surface area (Å²) in [7, 11) is -1.96. The van der Waals surface area contributed by atoms with E-state index in [1.54, 1.807) is 6.20 Å². The van der Waals surface area contributed by atoms with Gasteiger partial charge in [-0.05, 0) is 0 Å². The van der Waals surface area contributed by atoms with Crippen LogP contribution in [0.3, 0.4) is 0 Å². The van der Waals surface area contributed by atoms with E-state index in [2.05, 4.69) is 15.4 Å². The molecular formula is C8H8N3OP. The van der Waals surface area contributed by atoms with Gasteiger partial charge in [0.1, 0.15) is 5.44 Å². The predicted molar refractivity (Wildman–Crippen MR) is 51.1 cm³/mol. The molecule has 0 saturated heterocycles. The van der Waals surface area contributed by atoms with Gasteiger partial charge in [0.25, 0.3) is 0 Å². The van der Waals surface area contributed by atoms with Gasteiger partial charge in [0.05, 0.1) is 6.20 Å². The van der Waals surface area contributed by atoms with Crippen molar-refractivity contribution in [2.45, 2.75) is 0 Å². The van der Waals surface area contributed by atoms with Gasteiger partial charge < -0.3 is 4.57 Å². The summed E-state index contributed by atoms with van der Waals surface area (Å²) < 4.78 is 11.8. The van der Waals surface area contributed by atoms with Gasteiger partial charge in [0.15, 0.2) is 7.80 Å². The SMILES string of the molecule is O=[PH](c1ccccc1)c1c[nH]nn1. The predicted octanol–water partition coefficient (Wildman–Crippen LogP) is 0.315. The van der Waals surface area contributed by atoms with Crippen LogP contribution in [0.4, 0.5) is 0 Å². The molecule has 0 spiro atoms. The zero-order chi connectivity index (χ0) is 9.10. The van der Waals surface area contributed by atoms with E-state index in [4.69, 9.17) is 0 Å². The van der Waals surface area contributed by atoms with Crippen molar-refractivity contribution in [2.75, 3.05) is 0 Å². The average Bonchev–Trinajstić information content (AvgIpc) is 2.71. The van der Waals surface area contributed by atoms with Crippen molar-refractivity contribution in [1.82, 2.24) is 15.4 Å². The van der Waals surface area contributed by atoms with Crippen LogP contribution in [0.5, 0.6) is 0 Å². The Labute approximate surface area is 75.8 Å². The fraction of sp³-hybridized carbons (Fsp3) is 0. The molecule has 66 valence electrons. The van der Waals surface area contributed by atoms with Crippen LogP contribution < -0.4 is 10.7 Å². The van der Waals surface area contributed by atoms with E-state index in [0.717, 1.165) is 5.30 Å². The lowest BCUT2D eigenvalue weighted by molar-refractivity contribution is 0.597. The summed E-state index contributed by atoms with van der Waals surface area (Å²) in [6.45, 7) is 0. The Hall–Kier alpha value is -1.41. The maximum absolute atomic E-state index is 11.8. The van der Waals surface area contributed by atoms with Gasteiger partial charge in [-0.1, -0.05) is 35.5 Å². The maximum atomic E-state index is 11.8. The Kier molecular flexibility index (Phi) is 2.23. The summed E-state index contributed by atoms with van der Waals surface area (Å²) in [6, 6.07) is 9.27. The zero-order valence-electron chi connectivity index (χ0n) is 6.77. The fourth-order valence-corrected chi connectivity index (χ4v) is 2.18. The molecule has 0 aliphatic rings. The first-order valence-corrected chi connectivity index (χ1v) is 5.25. The first-order valence-electron chi connectivity index (χ1n) is 3.84. The molecule has 5 heteroatoms. The third kappa shape index (κ3) is 1.68. The Bertz CT molecular complexity index is 399. The lowest BCUT2D eigenvalue weighted by Gasteiger charge is -1.95. The molecule has 1 unspecified atom stereocenters. The van der Waals surface area contributed by atoms with Crippen molar-refractivity contribution in [3.63, 3.8) is 0 Å². The highest BCUT2D eigenvalue weighted by Gasteiger charge is 2.07. The van der Waals surface area contributed by atoms with Crippen LogP contribution in [0.1, 0.15) is 0 Å². The number of nitrogens with zero attached hydrogens (tertiary/aromatic N) is 2. The van der Waals surface area contributed by atoms with Crippen molar-refractivity contribution >= 4 is 18.5 Å². The van der Waals surface area contributed by atoms with E-state index >= 15 is 0 Å². The molecule has 1 aromatic carbocycles. The number of benzene rings is 1. The molecule has 0 saturated carbocycles. The smallest absolute Gasteiger partial charge is 0.152 e. The molecule has 0 bridgehead atoms. The molecule has 1 N–H and O–H groups in total. The van der Waals surface area contributed by atoms with Crippen LogP contribution in [0, 0.1) is 0 Å². The molecule has 2 aromatic rings. The summed E-state index contributed by atoms with van der Waals surface area (Å²) in [4.78, 5) is 0. The van der Waals surface area contributed by atoms with Crippen LogP contribution in [-0.2, 0) is 4.57 Å². The zero-order valence-corrected chi connectivity index (χ0v) is 7.77. The Morgan fingerprint density at radius 1 is 1.23 bits per heavy atom. The first-order chi connectivity index (χ1) is 6.38. The van der Waals surface area contributed by atoms with E-state index in [1.807, 2.05) is 30.3 Å². The molecule has 0 aliphatic carbocycles. The molecule has 1 aromatic heterocycles. The Balaban J connectivity index is 2.34. The van der Waals surface area contributed by atoms with Crippen LogP contribution in [0.2, 0.25) is 0 Å². The van der Waals surface area contributed by atoms with Crippen molar-refractivity contribution < 1.29 is 4.57 Å². The van der Waals surface area contributed by atoms with E-state index in [1.165, 1.54) is 0 Å². The monoisotopic (exact) mass is 193 g/mol. The second-order valence-corrected chi connectivity index (χ2v) is 4.30. The van der Waals surface area contributed by atoms with Gasteiger partial charge in [-0.25, -0.2) is 0 Å². The topological polar surface area (TPSA) is 58.6 Å². The molecule has 1 atom stereocenters. The van der Waals surface area contributed by atoms with Crippen molar-refractivity contribution in [3.05, 3.63) is 36.5 Å². The number of aromatic nitrogens is 3.